The smallest absolute Gasteiger partial charge is 0.227 e. The van der Waals surface area contributed by atoms with Crippen LogP contribution in [0.1, 0.15) is 46.5 Å². The fourth-order valence-electron chi connectivity index (χ4n) is 1.47. The number of hydrogen-bond donors (Lipinski definition) is 1. The number of rotatable bonds is 8. The molecule has 0 aromatic heterocycles. The standard InChI is InChI=1S/C12H22N2O/c1-11(7-9-14-10-15)6-5-8-12(2,3)13-4/h10-11H,5-9H2,1-3H3,(H,14,15). The van der Waals surface area contributed by atoms with Crippen molar-refractivity contribution < 1.29 is 4.79 Å². The monoisotopic (exact) mass is 210 g/mol. The van der Waals surface area contributed by atoms with Gasteiger partial charge in [-0.3, -0.25) is 4.79 Å². The lowest BCUT2D eigenvalue weighted by atomic mass is 9.93. The zero-order valence-corrected chi connectivity index (χ0v) is 10.0. The van der Waals surface area contributed by atoms with E-state index in [4.69, 9.17) is 6.57 Å². The molecule has 86 valence electrons. The summed E-state index contributed by atoms with van der Waals surface area (Å²) in [6.07, 6.45) is 4.96. The Morgan fingerprint density at radius 1 is 1.47 bits per heavy atom. The first-order chi connectivity index (χ1) is 7.02. The first-order valence-corrected chi connectivity index (χ1v) is 5.57. The van der Waals surface area contributed by atoms with Crippen molar-refractivity contribution in [3.8, 4) is 0 Å². The van der Waals surface area contributed by atoms with Gasteiger partial charge >= 0.3 is 0 Å². The minimum absolute atomic E-state index is 0.208. The molecule has 3 heteroatoms. The Hall–Kier alpha value is -1.04. The molecule has 0 aliphatic carbocycles. The van der Waals surface area contributed by atoms with E-state index in [-0.39, 0.29) is 5.54 Å². The van der Waals surface area contributed by atoms with E-state index in [1.807, 2.05) is 13.8 Å². The Morgan fingerprint density at radius 2 is 2.13 bits per heavy atom. The van der Waals surface area contributed by atoms with E-state index in [2.05, 4.69) is 17.1 Å². The van der Waals surface area contributed by atoms with Gasteiger partial charge in [-0.15, -0.1) is 0 Å². The van der Waals surface area contributed by atoms with Crippen LogP contribution in [0.4, 0.5) is 0 Å². The van der Waals surface area contributed by atoms with Crippen molar-refractivity contribution in [1.29, 1.82) is 0 Å². The van der Waals surface area contributed by atoms with Gasteiger partial charge in [-0.1, -0.05) is 13.3 Å². The van der Waals surface area contributed by atoms with Gasteiger partial charge in [0.1, 0.15) is 0 Å². The van der Waals surface area contributed by atoms with Crippen molar-refractivity contribution in [2.24, 2.45) is 5.92 Å². The molecule has 0 aliphatic heterocycles. The number of nitrogens with one attached hydrogen (secondary N) is 1. The van der Waals surface area contributed by atoms with Crippen molar-refractivity contribution in [3.63, 3.8) is 0 Å². The van der Waals surface area contributed by atoms with E-state index in [1.54, 1.807) is 0 Å². The van der Waals surface area contributed by atoms with Crippen molar-refractivity contribution in [2.45, 2.75) is 52.0 Å². The molecule has 0 saturated carbocycles. The maximum absolute atomic E-state index is 10.0. The molecule has 0 saturated heterocycles. The molecule has 3 nitrogen and oxygen atoms in total. The number of amides is 1. The van der Waals surface area contributed by atoms with Crippen LogP contribution in [0.15, 0.2) is 0 Å². The van der Waals surface area contributed by atoms with Crippen LogP contribution in [-0.2, 0) is 4.79 Å². The molecule has 1 unspecified atom stereocenters. The molecule has 0 aliphatic rings. The largest absolute Gasteiger partial charge is 0.359 e. The fourth-order valence-corrected chi connectivity index (χ4v) is 1.47. The van der Waals surface area contributed by atoms with Crippen LogP contribution in [-0.4, -0.2) is 18.5 Å². The lowest BCUT2D eigenvalue weighted by Crippen LogP contribution is -2.16. The summed E-state index contributed by atoms with van der Waals surface area (Å²) in [5, 5.41) is 2.67. The summed E-state index contributed by atoms with van der Waals surface area (Å²) >= 11 is 0. The highest BCUT2D eigenvalue weighted by molar-refractivity contribution is 5.45. The molecule has 0 heterocycles. The van der Waals surface area contributed by atoms with Gasteiger partial charge in [0, 0.05) is 26.8 Å². The fraction of sp³-hybridized carbons (Fsp3) is 0.833. The minimum Gasteiger partial charge on any atom is -0.359 e. The Bertz CT molecular complexity index is 218. The third kappa shape index (κ3) is 7.99. The molecule has 0 aromatic carbocycles. The highest BCUT2D eigenvalue weighted by atomic mass is 16.1. The maximum atomic E-state index is 10.0. The zero-order chi connectivity index (χ0) is 11.7. The highest BCUT2D eigenvalue weighted by Gasteiger charge is 2.21. The second-order valence-corrected chi connectivity index (χ2v) is 4.78. The van der Waals surface area contributed by atoms with Crippen molar-refractivity contribution >= 4 is 6.41 Å². The van der Waals surface area contributed by atoms with Crippen molar-refractivity contribution in [3.05, 3.63) is 11.4 Å². The van der Waals surface area contributed by atoms with Crippen LogP contribution >= 0.6 is 0 Å². The molecule has 0 radical (unpaired) electrons. The van der Waals surface area contributed by atoms with Crippen LogP contribution in [0.3, 0.4) is 0 Å². The van der Waals surface area contributed by atoms with Crippen LogP contribution in [0.5, 0.6) is 0 Å². The first-order valence-electron chi connectivity index (χ1n) is 5.57. The normalized spacial score (nSPS) is 12.9. The summed E-state index contributed by atoms with van der Waals surface area (Å²) in [4.78, 5) is 13.6. The lowest BCUT2D eigenvalue weighted by Gasteiger charge is -2.14. The van der Waals surface area contributed by atoms with E-state index in [0.717, 1.165) is 38.6 Å². The minimum atomic E-state index is -0.208. The average Bonchev–Trinajstić information content (AvgIpc) is 2.18. The lowest BCUT2D eigenvalue weighted by molar-refractivity contribution is -0.109. The Morgan fingerprint density at radius 3 is 2.67 bits per heavy atom. The van der Waals surface area contributed by atoms with Gasteiger partial charge in [-0.05, 0) is 18.8 Å². The topological polar surface area (TPSA) is 33.5 Å². The predicted octanol–water partition coefficient (Wildman–Crippen LogP) is 2.63. The SMILES string of the molecule is [C-]#[N+]C(C)(C)CCCC(C)CCNC=O. The van der Waals surface area contributed by atoms with Gasteiger partial charge in [-0.2, -0.15) is 0 Å². The zero-order valence-electron chi connectivity index (χ0n) is 10.0. The molecule has 1 atom stereocenters. The summed E-state index contributed by atoms with van der Waals surface area (Å²) in [6, 6.07) is 0. The van der Waals surface area contributed by atoms with E-state index in [1.165, 1.54) is 0 Å². The van der Waals surface area contributed by atoms with Crippen molar-refractivity contribution in [1.82, 2.24) is 5.32 Å². The molecule has 15 heavy (non-hydrogen) atoms. The molecule has 0 rings (SSSR count). The number of carbonyl (C=O) groups is 1. The molecule has 1 amide bonds. The van der Waals surface area contributed by atoms with Crippen LogP contribution in [0.2, 0.25) is 0 Å². The second kappa shape index (κ2) is 7.28. The molecular weight excluding hydrogens is 188 g/mol. The summed E-state index contributed by atoms with van der Waals surface area (Å²) in [5.74, 6) is 0.624. The summed E-state index contributed by atoms with van der Waals surface area (Å²) in [6.45, 7) is 13.9. The Balaban J connectivity index is 3.51. The van der Waals surface area contributed by atoms with Crippen LogP contribution in [0, 0.1) is 12.5 Å². The van der Waals surface area contributed by atoms with Gasteiger partial charge in [0.2, 0.25) is 11.9 Å². The molecular formula is C12H22N2O. The predicted molar refractivity (Wildman–Crippen MR) is 62.4 cm³/mol. The van der Waals surface area contributed by atoms with Gasteiger partial charge < -0.3 is 10.2 Å². The van der Waals surface area contributed by atoms with E-state index < -0.39 is 0 Å². The molecule has 0 aromatic rings. The molecule has 0 spiro atoms. The van der Waals surface area contributed by atoms with Gasteiger partial charge in [-0.25, -0.2) is 6.57 Å². The van der Waals surface area contributed by atoms with Crippen LogP contribution in [0.25, 0.3) is 4.85 Å². The highest BCUT2D eigenvalue weighted by Crippen LogP contribution is 2.20. The number of nitrogens with zero attached hydrogens (tertiary/aromatic N) is 1. The second-order valence-electron chi connectivity index (χ2n) is 4.78. The first kappa shape index (κ1) is 14.0. The Kier molecular flexibility index (Phi) is 6.77. The van der Waals surface area contributed by atoms with Gasteiger partial charge in [0.05, 0.1) is 0 Å². The third-order valence-corrected chi connectivity index (χ3v) is 2.65. The third-order valence-electron chi connectivity index (χ3n) is 2.65. The molecule has 0 bridgehead atoms. The van der Waals surface area contributed by atoms with Gasteiger partial charge in [0.15, 0.2) is 0 Å². The van der Waals surface area contributed by atoms with E-state index in [9.17, 15) is 4.79 Å². The number of hydrogen-bond acceptors (Lipinski definition) is 1. The molecule has 0 fully saturated rings. The Labute approximate surface area is 93.1 Å². The van der Waals surface area contributed by atoms with E-state index in [0.29, 0.717) is 5.92 Å². The molecule has 1 N–H and O–H groups in total. The maximum Gasteiger partial charge on any atom is 0.227 e. The van der Waals surface area contributed by atoms with Crippen molar-refractivity contribution in [2.75, 3.05) is 6.54 Å². The summed E-state index contributed by atoms with van der Waals surface area (Å²) in [7, 11) is 0. The summed E-state index contributed by atoms with van der Waals surface area (Å²) in [5.41, 5.74) is -0.208. The quantitative estimate of drug-likeness (QED) is 0.373. The van der Waals surface area contributed by atoms with E-state index >= 15 is 0 Å². The average molecular weight is 210 g/mol. The van der Waals surface area contributed by atoms with Gasteiger partial charge in [0.25, 0.3) is 0 Å². The number of carbonyl (C=O) groups excluding carboxylic acids is 1. The summed E-state index contributed by atoms with van der Waals surface area (Å²) < 4.78 is 0. The van der Waals surface area contributed by atoms with Crippen LogP contribution < -0.4 is 5.32 Å².